The number of carboxylic acids is 5. The number of anilines is 1. The van der Waals surface area contributed by atoms with Crippen molar-refractivity contribution >= 4 is 53.3 Å². The summed E-state index contributed by atoms with van der Waals surface area (Å²) in [7, 11) is 0. The molecule has 0 fully saturated rings. The summed E-state index contributed by atoms with van der Waals surface area (Å²) in [6.45, 7) is -4.25. The third-order valence-electron chi connectivity index (χ3n) is 7.18. The van der Waals surface area contributed by atoms with Gasteiger partial charge in [-0.05, 0) is 30.2 Å². The minimum absolute atomic E-state index is 0.0225. The zero-order valence-corrected chi connectivity index (χ0v) is 26.8. The molecule has 0 aromatic heterocycles. The Bertz CT molecular complexity index is 1400. The van der Waals surface area contributed by atoms with Gasteiger partial charge in [-0.2, -0.15) is 0 Å². The van der Waals surface area contributed by atoms with Crippen molar-refractivity contribution < 1.29 is 69.0 Å². The summed E-state index contributed by atoms with van der Waals surface area (Å²) in [6, 6.07) is 5.32. The maximum Gasteiger partial charge on any atom is 0.317 e. The predicted molar refractivity (Wildman–Crippen MR) is 170 cm³/mol. The Labute approximate surface area is 285 Å². The van der Waals surface area contributed by atoms with E-state index < -0.39 is 99.1 Å². The predicted octanol–water partition coefficient (Wildman–Crippen LogP) is -2.91. The fraction of sp³-hybridized carbons (Fsp3) is 0.467. The number of aliphatic carboxylic acids is 5. The lowest BCUT2D eigenvalue weighted by molar-refractivity contribution is -0.144. The molecule has 1 aliphatic rings. The van der Waals surface area contributed by atoms with E-state index in [-0.39, 0.29) is 39.0 Å². The maximum absolute atomic E-state index is 12.4. The highest BCUT2D eigenvalue weighted by Gasteiger charge is 2.28. The summed E-state index contributed by atoms with van der Waals surface area (Å²) in [5.41, 5.74) is 0.915. The summed E-state index contributed by atoms with van der Waals surface area (Å²) < 4.78 is 0. The van der Waals surface area contributed by atoms with Gasteiger partial charge in [-0.15, -0.1) is 0 Å². The molecule has 50 heavy (non-hydrogen) atoms. The van der Waals surface area contributed by atoms with E-state index in [1.54, 1.807) is 12.1 Å². The first-order chi connectivity index (χ1) is 23.5. The minimum atomic E-state index is -1.34. The Hall–Kier alpha value is -5.44. The van der Waals surface area contributed by atoms with Crippen molar-refractivity contribution in [3.05, 3.63) is 42.0 Å². The third-order valence-corrected chi connectivity index (χ3v) is 7.18. The largest absolute Gasteiger partial charge is 0.480 e. The number of aliphatic hydroxyl groups is 1. The Balaban J connectivity index is 2.11. The maximum atomic E-state index is 12.4. The third kappa shape index (κ3) is 15.6. The van der Waals surface area contributed by atoms with E-state index in [9.17, 15) is 58.8 Å². The van der Waals surface area contributed by atoms with Crippen molar-refractivity contribution in [2.75, 3.05) is 70.8 Å². The van der Waals surface area contributed by atoms with E-state index >= 15 is 0 Å². The molecule has 1 aromatic carbocycles. The Morgan fingerprint density at radius 3 is 1.76 bits per heavy atom. The first-order valence-electron chi connectivity index (χ1n) is 15.1. The highest BCUT2D eigenvalue weighted by atomic mass is 16.4. The smallest absolute Gasteiger partial charge is 0.317 e. The van der Waals surface area contributed by atoms with Gasteiger partial charge in [0, 0.05) is 50.4 Å². The molecule has 0 bridgehead atoms. The Morgan fingerprint density at radius 1 is 0.740 bits per heavy atom. The molecule has 1 unspecified atom stereocenters. The molecule has 2 atom stereocenters. The second-order valence-corrected chi connectivity index (χ2v) is 11.3. The highest BCUT2D eigenvalue weighted by molar-refractivity contribution is 5.94. The van der Waals surface area contributed by atoms with Crippen molar-refractivity contribution in [1.82, 2.24) is 24.9 Å². The van der Waals surface area contributed by atoms with Crippen LogP contribution in [0.3, 0.4) is 0 Å². The summed E-state index contributed by atoms with van der Waals surface area (Å²) >= 11 is 0. The molecular formula is C30H40N6O14. The van der Waals surface area contributed by atoms with Crippen LogP contribution in [0.2, 0.25) is 0 Å². The number of rotatable bonds is 24. The molecule has 1 heterocycles. The summed E-state index contributed by atoms with van der Waals surface area (Å²) in [5, 5.41) is 61.5. The second-order valence-electron chi connectivity index (χ2n) is 11.3. The van der Waals surface area contributed by atoms with Gasteiger partial charge in [0.2, 0.25) is 17.7 Å². The van der Waals surface area contributed by atoms with Crippen molar-refractivity contribution in [1.29, 1.82) is 0 Å². The number of nitrogens with zero attached hydrogens (tertiary/aromatic N) is 4. The average molecular weight is 709 g/mol. The van der Waals surface area contributed by atoms with Crippen LogP contribution in [0, 0.1) is 0 Å². The lowest BCUT2D eigenvalue weighted by atomic mass is 10.0. The van der Waals surface area contributed by atoms with Gasteiger partial charge in [0.1, 0.15) is 12.8 Å². The van der Waals surface area contributed by atoms with Gasteiger partial charge in [0.15, 0.2) is 0 Å². The average Bonchev–Trinajstić information content (AvgIpc) is 3.30. The number of hydrogen-bond donors (Lipinski definition) is 8. The molecular weight excluding hydrogens is 668 g/mol. The summed E-state index contributed by atoms with van der Waals surface area (Å²) in [6.07, 6.45) is 1.06. The standard InChI is InChI=1S/C30H40N6O14/c37-22(7-8-31-23(38)13-36-24(39)5-6-25(36)40)32-20-3-1-19(2-4-20)11-21(35(17-29(47)48)18-30(49)50)12-33(14-26(41)42)9-10-34(15-27(43)44)16-28(45)46/h1-6,21,24,39H,7-18H2,(H,31,38)(H,32,37)(H,41,42)(H,43,44)(H,45,46)(H,47,48)(H,49,50)/t21-,24?/m1/s1. The van der Waals surface area contributed by atoms with E-state index in [4.69, 9.17) is 10.2 Å². The Kier molecular flexibility index (Phi) is 16.4. The van der Waals surface area contributed by atoms with Crippen molar-refractivity contribution in [2.45, 2.75) is 25.1 Å². The molecule has 0 saturated heterocycles. The lowest BCUT2D eigenvalue weighted by Gasteiger charge is -2.34. The van der Waals surface area contributed by atoms with Gasteiger partial charge in [0.25, 0.3) is 0 Å². The molecule has 0 aliphatic carbocycles. The SMILES string of the molecule is O=C(O)CN(CCN(CC(=O)O)C[C@@H](Cc1ccc(NC(=O)CCNC(=O)CN2C(=O)C=CC2O)cc1)N(CC(=O)O)CC(=O)O)CC(=O)O. The molecule has 0 spiro atoms. The Morgan fingerprint density at radius 2 is 1.26 bits per heavy atom. The number of carbonyl (C=O) groups excluding carboxylic acids is 3. The van der Waals surface area contributed by atoms with Crippen LogP contribution in [-0.2, 0) is 44.8 Å². The van der Waals surface area contributed by atoms with Crippen LogP contribution in [0.25, 0.3) is 0 Å². The highest BCUT2D eigenvalue weighted by Crippen LogP contribution is 2.16. The number of benzene rings is 1. The van der Waals surface area contributed by atoms with Crippen LogP contribution >= 0.6 is 0 Å². The van der Waals surface area contributed by atoms with Gasteiger partial charge in [-0.3, -0.25) is 53.1 Å². The first-order valence-corrected chi connectivity index (χ1v) is 15.1. The number of carbonyl (C=O) groups is 8. The fourth-order valence-corrected chi connectivity index (χ4v) is 4.99. The quantitative estimate of drug-likeness (QED) is 0.0534. The van der Waals surface area contributed by atoms with Gasteiger partial charge >= 0.3 is 29.8 Å². The molecule has 3 amide bonds. The van der Waals surface area contributed by atoms with E-state index in [1.165, 1.54) is 23.1 Å². The molecule has 1 aromatic rings. The van der Waals surface area contributed by atoms with E-state index in [0.29, 0.717) is 11.3 Å². The van der Waals surface area contributed by atoms with Crippen LogP contribution in [0.1, 0.15) is 12.0 Å². The number of aliphatic hydroxyl groups excluding tert-OH is 1. The molecule has 20 nitrogen and oxygen atoms in total. The van der Waals surface area contributed by atoms with E-state index in [2.05, 4.69) is 10.6 Å². The van der Waals surface area contributed by atoms with Crippen molar-refractivity contribution in [2.24, 2.45) is 0 Å². The minimum Gasteiger partial charge on any atom is -0.480 e. The summed E-state index contributed by atoms with van der Waals surface area (Å²) in [5.74, 6) is -8.15. The van der Waals surface area contributed by atoms with Crippen LogP contribution in [0.5, 0.6) is 0 Å². The fourth-order valence-electron chi connectivity index (χ4n) is 4.99. The normalized spacial score (nSPS) is 14.6. The van der Waals surface area contributed by atoms with Gasteiger partial charge in [-0.1, -0.05) is 12.1 Å². The zero-order chi connectivity index (χ0) is 37.4. The molecule has 8 N–H and O–H groups in total. The van der Waals surface area contributed by atoms with Gasteiger partial charge < -0.3 is 46.2 Å². The number of carboxylic acid groups (broad SMARTS) is 5. The van der Waals surface area contributed by atoms with Crippen LogP contribution in [-0.4, -0.2) is 176 Å². The van der Waals surface area contributed by atoms with Gasteiger partial charge in [0.05, 0.1) is 32.7 Å². The van der Waals surface area contributed by atoms with Gasteiger partial charge in [-0.25, -0.2) is 0 Å². The summed E-state index contributed by atoms with van der Waals surface area (Å²) in [4.78, 5) is 97.9. The molecule has 0 saturated carbocycles. The molecule has 20 heteroatoms. The van der Waals surface area contributed by atoms with Crippen molar-refractivity contribution in [3.8, 4) is 0 Å². The number of nitrogens with one attached hydrogen (secondary N) is 2. The monoisotopic (exact) mass is 708 g/mol. The number of amides is 3. The molecule has 0 radical (unpaired) electrons. The van der Waals surface area contributed by atoms with Crippen molar-refractivity contribution in [3.63, 3.8) is 0 Å². The lowest BCUT2D eigenvalue weighted by Crippen LogP contribution is -2.51. The molecule has 1 aliphatic heterocycles. The zero-order valence-electron chi connectivity index (χ0n) is 26.8. The number of hydrogen-bond acceptors (Lipinski definition) is 12. The molecule has 274 valence electrons. The van der Waals surface area contributed by atoms with Crippen LogP contribution < -0.4 is 10.6 Å². The van der Waals surface area contributed by atoms with Crippen LogP contribution in [0.4, 0.5) is 5.69 Å². The van der Waals surface area contributed by atoms with Crippen LogP contribution in [0.15, 0.2) is 36.4 Å². The van der Waals surface area contributed by atoms with E-state index in [0.717, 1.165) is 20.8 Å². The topological polar surface area (TPSA) is 295 Å². The molecule has 2 rings (SSSR count). The van der Waals surface area contributed by atoms with E-state index in [1.807, 2.05) is 0 Å². The first kappa shape index (κ1) is 40.7. The second kappa shape index (κ2) is 20.2.